The minimum atomic E-state index is 0.146. The molecule has 0 aromatic rings. The Morgan fingerprint density at radius 3 is 2.00 bits per heavy atom. The van der Waals surface area contributed by atoms with Gasteiger partial charge in [-0.05, 0) is 0 Å². The van der Waals surface area contributed by atoms with Crippen LogP contribution in [0.5, 0.6) is 0 Å². The molecule has 0 saturated carbocycles. The summed E-state index contributed by atoms with van der Waals surface area (Å²) >= 11 is 3.05. The first-order valence-corrected chi connectivity index (χ1v) is 2.04. The molecule has 0 aliphatic rings. The van der Waals surface area contributed by atoms with Gasteiger partial charge in [-0.25, -0.2) is 0 Å². The molecule has 0 spiro atoms. The Morgan fingerprint density at radius 2 is 2.00 bits per heavy atom. The summed E-state index contributed by atoms with van der Waals surface area (Å²) in [6.07, 6.45) is 0. The van der Waals surface area contributed by atoms with Gasteiger partial charge in [-0.2, -0.15) is 15.8 Å². The summed E-state index contributed by atoms with van der Waals surface area (Å²) < 4.78 is 0. The van der Waals surface area contributed by atoms with E-state index in [-0.39, 0.29) is 5.43 Å². The molecule has 0 N–H and O–H groups in total. The van der Waals surface area contributed by atoms with Crippen LogP contribution in [-0.4, -0.2) is 13.2 Å². The smallest absolute Gasteiger partial charge is 0.168 e. The Bertz CT molecular complexity index is 10.8. The van der Waals surface area contributed by atoms with Crippen LogP contribution < -0.4 is 0 Å². The van der Waals surface area contributed by atoms with Crippen molar-refractivity contribution < 1.29 is 0 Å². The molecule has 0 aromatic carbocycles. The van der Waals surface area contributed by atoms with Gasteiger partial charge in [0.25, 0.3) is 0 Å². The van der Waals surface area contributed by atoms with Crippen molar-refractivity contribution in [2.45, 2.75) is 6.82 Å². The first-order valence-electron chi connectivity index (χ1n) is 1.13. The summed E-state index contributed by atoms with van der Waals surface area (Å²) in [6.45, 7) is 1.86. The lowest BCUT2D eigenvalue weighted by Crippen LogP contribution is -1.89. The van der Waals surface area contributed by atoms with Crippen LogP contribution in [0.25, 0.3) is 0 Å². The highest BCUT2D eigenvalue weighted by molar-refractivity contribution is 9.25. The summed E-state index contributed by atoms with van der Waals surface area (Å²) in [4.78, 5) is 0. The van der Waals surface area contributed by atoms with Crippen LogP contribution in [-0.2, 0) is 0 Å². The quantitative estimate of drug-likeness (QED) is 0.408. The van der Waals surface area contributed by atoms with Crippen LogP contribution in [0.4, 0.5) is 0 Å². The Morgan fingerprint density at radius 1 is 2.00 bits per heavy atom. The molecule has 0 saturated heterocycles. The molecular formula is CH3B2Br. The van der Waals surface area contributed by atoms with Crippen molar-refractivity contribution in [2.24, 2.45) is 0 Å². The van der Waals surface area contributed by atoms with Crippen molar-refractivity contribution in [2.75, 3.05) is 0 Å². The molecule has 0 heterocycles. The van der Waals surface area contributed by atoms with E-state index in [0.717, 1.165) is 0 Å². The van der Waals surface area contributed by atoms with Crippen molar-refractivity contribution in [3.8, 4) is 0 Å². The average Bonchev–Trinajstić information content (AvgIpc) is 0.811. The Balaban J connectivity index is 2.32. The first kappa shape index (κ1) is 4.61. The van der Waals surface area contributed by atoms with Crippen LogP contribution in [0.1, 0.15) is 0 Å². The lowest BCUT2D eigenvalue weighted by Gasteiger charge is -1.69. The third-order valence-corrected chi connectivity index (χ3v) is 0. The van der Waals surface area contributed by atoms with Gasteiger partial charge >= 0.3 is 0 Å². The summed E-state index contributed by atoms with van der Waals surface area (Å²) in [5.41, 5.74) is 0.146. The van der Waals surface area contributed by atoms with E-state index in [1.54, 1.807) is 0 Å². The predicted molar refractivity (Wildman–Crippen MR) is 26.3 cm³/mol. The second-order valence-corrected chi connectivity index (χ2v) is 2.12. The van der Waals surface area contributed by atoms with Gasteiger partial charge in [0.05, 0.1) is 0 Å². The van der Waals surface area contributed by atoms with Gasteiger partial charge in [-0.1, -0.05) is 6.82 Å². The van der Waals surface area contributed by atoms with Gasteiger partial charge in [0.1, 0.15) is 0 Å². The van der Waals surface area contributed by atoms with E-state index in [9.17, 15) is 0 Å². The molecule has 0 bridgehead atoms. The second-order valence-electron chi connectivity index (χ2n) is 0.678. The number of hydrogen-bond donors (Lipinski definition) is 0. The molecular weight excluding hydrogens is 114 g/mol. The highest BCUT2D eigenvalue weighted by Crippen LogP contribution is 1.79. The molecule has 0 amide bonds. The third kappa shape index (κ3) is 18.2. The van der Waals surface area contributed by atoms with Gasteiger partial charge in [-0.15, -0.1) is 0 Å². The van der Waals surface area contributed by atoms with Crippen LogP contribution in [0, 0.1) is 0 Å². The second kappa shape index (κ2) is 1.89. The summed E-state index contributed by atoms with van der Waals surface area (Å²) in [6, 6.07) is 0. The summed E-state index contributed by atoms with van der Waals surface area (Å²) in [5, 5.41) is 0. The molecule has 2 radical (unpaired) electrons. The molecule has 0 rings (SSSR count). The maximum absolute atomic E-state index is 5.03. The van der Waals surface area contributed by atoms with E-state index in [2.05, 4.69) is 15.8 Å². The van der Waals surface area contributed by atoms with Crippen LogP contribution in [0.2, 0.25) is 6.82 Å². The third-order valence-electron chi connectivity index (χ3n) is 0. The molecule has 0 nitrogen and oxygen atoms in total. The van der Waals surface area contributed by atoms with Gasteiger partial charge in [0.15, 0.2) is 5.43 Å². The van der Waals surface area contributed by atoms with Crippen molar-refractivity contribution in [3.63, 3.8) is 0 Å². The van der Waals surface area contributed by atoms with E-state index in [4.69, 9.17) is 7.74 Å². The fourth-order valence-electron chi connectivity index (χ4n) is 0. The fourth-order valence-corrected chi connectivity index (χ4v) is 0. The first-order chi connectivity index (χ1) is 1.73. The van der Waals surface area contributed by atoms with E-state index in [1.165, 1.54) is 0 Å². The zero-order valence-electron chi connectivity index (χ0n) is 2.53. The lowest BCUT2D eigenvalue weighted by molar-refractivity contribution is 2.35. The van der Waals surface area contributed by atoms with E-state index in [1.807, 2.05) is 6.82 Å². The largest absolute Gasteiger partial charge is 0.169 e. The zero-order valence-corrected chi connectivity index (χ0v) is 4.12. The zero-order chi connectivity index (χ0) is 3.58. The fraction of sp³-hybridized carbons (Fsp3) is 1.00. The number of hydrogen-bond acceptors (Lipinski definition) is 0. The van der Waals surface area contributed by atoms with Crippen molar-refractivity contribution >= 4 is 28.9 Å². The van der Waals surface area contributed by atoms with Crippen molar-refractivity contribution in [1.82, 2.24) is 0 Å². The van der Waals surface area contributed by atoms with Crippen LogP contribution >= 0.6 is 15.8 Å². The lowest BCUT2D eigenvalue weighted by atomic mass is 9.58. The average molecular weight is 117 g/mol. The minimum absolute atomic E-state index is 0.146. The minimum Gasteiger partial charge on any atom is -0.169 e. The Hall–Kier alpha value is 0.610. The Kier molecular flexibility index (Phi) is 2.17. The Labute approximate surface area is 36.4 Å². The monoisotopic (exact) mass is 116 g/mol. The highest BCUT2D eigenvalue weighted by atomic mass is 79.9. The van der Waals surface area contributed by atoms with Crippen LogP contribution in [0.3, 0.4) is 0 Å². The van der Waals surface area contributed by atoms with E-state index >= 15 is 0 Å². The molecule has 4 heavy (non-hydrogen) atoms. The normalized spacial score (nSPS) is 6.50. The van der Waals surface area contributed by atoms with Crippen LogP contribution in [0.15, 0.2) is 0 Å². The van der Waals surface area contributed by atoms with Gasteiger partial charge < -0.3 is 0 Å². The van der Waals surface area contributed by atoms with Gasteiger partial charge in [-0.3, -0.25) is 0 Å². The standard InChI is InChI=1S/CH3B2Br/c1-3(2)4/h1H3. The molecule has 0 fully saturated rings. The number of halogens is 1. The van der Waals surface area contributed by atoms with Gasteiger partial charge in [0, 0.05) is 7.74 Å². The molecule has 20 valence electrons. The molecule has 0 unspecified atom stereocenters. The van der Waals surface area contributed by atoms with E-state index in [0.29, 0.717) is 0 Å². The molecule has 3 heteroatoms. The molecule has 0 atom stereocenters. The summed E-state index contributed by atoms with van der Waals surface area (Å²) in [7, 11) is 5.03. The topological polar surface area (TPSA) is 0 Å². The van der Waals surface area contributed by atoms with E-state index < -0.39 is 0 Å². The number of rotatable bonds is 0. The van der Waals surface area contributed by atoms with Gasteiger partial charge in [0.2, 0.25) is 0 Å². The maximum atomic E-state index is 5.03. The van der Waals surface area contributed by atoms with Crippen molar-refractivity contribution in [3.05, 3.63) is 0 Å². The molecule has 0 aliphatic heterocycles. The maximum Gasteiger partial charge on any atom is 0.168 e. The van der Waals surface area contributed by atoms with Crippen molar-refractivity contribution in [1.29, 1.82) is 0 Å². The molecule has 0 aromatic heterocycles. The summed E-state index contributed by atoms with van der Waals surface area (Å²) in [5.74, 6) is 0. The highest BCUT2D eigenvalue weighted by Gasteiger charge is 1.79. The molecule has 0 aliphatic carbocycles. The SMILES string of the molecule is [B]B(C)Br. The predicted octanol–water partition coefficient (Wildman–Crippen LogP) is 0.668.